The Hall–Kier alpha value is -2.73. The molecule has 0 aliphatic carbocycles. The van der Waals surface area contributed by atoms with Crippen LogP contribution in [0.25, 0.3) is 11.3 Å². The van der Waals surface area contributed by atoms with Crippen molar-refractivity contribution in [2.45, 2.75) is 6.42 Å². The number of hydrogen-bond acceptors (Lipinski definition) is 4. The molecular weight excluding hydrogens is 315 g/mol. The molecule has 116 valence electrons. The van der Waals surface area contributed by atoms with Crippen molar-refractivity contribution in [2.75, 3.05) is 5.32 Å². The van der Waals surface area contributed by atoms with Crippen LogP contribution < -0.4 is 5.32 Å². The van der Waals surface area contributed by atoms with Crippen molar-refractivity contribution < 1.29 is 14.3 Å². The molecular formula is C17H13FN2O2S. The van der Waals surface area contributed by atoms with E-state index >= 15 is 0 Å². The van der Waals surface area contributed by atoms with Crippen LogP contribution in [-0.4, -0.2) is 16.1 Å². The number of thiazole rings is 1. The van der Waals surface area contributed by atoms with Gasteiger partial charge >= 0.3 is 5.97 Å². The Kier molecular flexibility index (Phi) is 4.34. The minimum atomic E-state index is -0.904. The summed E-state index contributed by atoms with van der Waals surface area (Å²) in [6.45, 7) is 0. The molecule has 2 N–H and O–H groups in total. The van der Waals surface area contributed by atoms with Gasteiger partial charge in [0.15, 0.2) is 5.13 Å². The van der Waals surface area contributed by atoms with Gasteiger partial charge in [0.2, 0.25) is 0 Å². The van der Waals surface area contributed by atoms with E-state index in [1.54, 1.807) is 12.1 Å². The lowest BCUT2D eigenvalue weighted by atomic mass is 10.1. The average molecular weight is 328 g/mol. The standard InChI is InChI=1S/C17H13FN2O2S/c18-12-6-8-13(9-7-12)19-17-20-16(11-4-2-1-3-5-11)14(23-17)10-15(21)22/h1-9H,10H2,(H,19,20)(H,21,22). The molecule has 0 aliphatic heterocycles. The number of carboxylic acid groups (broad SMARTS) is 1. The van der Waals surface area contributed by atoms with Crippen molar-refractivity contribution in [3.05, 3.63) is 65.3 Å². The first-order chi connectivity index (χ1) is 11.1. The van der Waals surface area contributed by atoms with E-state index in [4.69, 9.17) is 5.11 Å². The summed E-state index contributed by atoms with van der Waals surface area (Å²) in [6.07, 6.45) is -0.0903. The molecule has 0 aliphatic rings. The number of anilines is 2. The smallest absolute Gasteiger partial charge is 0.308 e. The molecule has 0 saturated heterocycles. The Morgan fingerprint density at radius 1 is 1.13 bits per heavy atom. The first-order valence-corrected chi connectivity index (χ1v) is 7.73. The molecule has 2 aromatic carbocycles. The molecule has 0 bridgehead atoms. The first-order valence-electron chi connectivity index (χ1n) is 6.91. The second-order valence-electron chi connectivity index (χ2n) is 4.86. The van der Waals surface area contributed by atoms with Crippen LogP contribution in [0.5, 0.6) is 0 Å². The molecule has 1 aromatic heterocycles. The number of nitrogens with zero attached hydrogens (tertiary/aromatic N) is 1. The van der Waals surface area contributed by atoms with Crippen LogP contribution in [0.15, 0.2) is 54.6 Å². The van der Waals surface area contributed by atoms with Crippen LogP contribution in [0, 0.1) is 5.82 Å². The zero-order chi connectivity index (χ0) is 16.2. The maximum absolute atomic E-state index is 13.0. The quantitative estimate of drug-likeness (QED) is 0.732. The summed E-state index contributed by atoms with van der Waals surface area (Å²) >= 11 is 1.28. The summed E-state index contributed by atoms with van der Waals surface area (Å²) in [5.74, 6) is -1.22. The number of aliphatic carboxylic acids is 1. The van der Waals surface area contributed by atoms with Gasteiger partial charge in [0.25, 0.3) is 0 Å². The zero-order valence-electron chi connectivity index (χ0n) is 12.0. The molecule has 0 amide bonds. The van der Waals surface area contributed by atoms with E-state index in [0.717, 1.165) is 5.56 Å². The molecule has 23 heavy (non-hydrogen) atoms. The Balaban J connectivity index is 1.94. The summed E-state index contributed by atoms with van der Waals surface area (Å²) in [5.41, 5.74) is 2.22. The third-order valence-electron chi connectivity index (χ3n) is 3.15. The average Bonchev–Trinajstić information content (AvgIpc) is 2.92. The van der Waals surface area contributed by atoms with Crippen LogP contribution in [0.4, 0.5) is 15.2 Å². The van der Waals surface area contributed by atoms with Gasteiger partial charge in [0.1, 0.15) is 5.82 Å². The van der Waals surface area contributed by atoms with E-state index in [1.807, 2.05) is 30.3 Å². The van der Waals surface area contributed by atoms with E-state index in [1.165, 1.54) is 23.5 Å². The number of carbonyl (C=O) groups is 1. The normalized spacial score (nSPS) is 10.5. The lowest BCUT2D eigenvalue weighted by molar-refractivity contribution is -0.136. The largest absolute Gasteiger partial charge is 0.481 e. The van der Waals surface area contributed by atoms with Crippen LogP contribution in [0.2, 0.25) is 0 Å². The minimum absolute atomic E-state index is 0.0903. The number of benzene rings is 2. The number of halogens is 1. The molecule has 0 spiro atoms. The highest BCUT2D eigenvalue weighted by Gasteiger charge is 2.15. The van der Waals surface area contributed by atoms with Crippen molar-refractivity contribution >= 4 is 28.1 Å². The SMILES string of the molecule is O=C(O)Cc1sc(Nc2ccc(F)cc2)nc1-c1ccccc1. The molecule has 0 radical (unpaired) electrons. The summed E-state index contributed by atoms with van der Waals surface area (Å²) in [5, 5.41) is 12.7. The topological polar surface area (TPSA) is 62.2 Å². The van der Waals surface area contributed by atoms with Crippen molar-refractivity contribution in [3.8, 4) is 11.3 Å². The molecule has 0 unspecified atom stereocenters. The van der Waals surface area contributed by atoms with Crippen LogP contribution in [0.3, 0.4) is 0 Å². The molecule has 1 heterocycles. The van der Waals surface area contributed by atoms with Crippen molar-refractivity contribution in [1.29, 1.82) is 0 Å². The Morgan fingerprint density at radius 2 is 1.83 bits per heavy atom. The summed E-state index contributed by atoms with van der Waals surface area (Å²) in [7, 11) is 0. The van der Waals surface area contributed by atoms with Crippen LogP contribution in [0.1, 0.15) is 4.88 Å². The number of hydrogen-bond donors (Lipinski definition) is 2. The predicted molar refractivity (Wildman–Crippen MR) is 88.6 cm³/mol. The molecule has 3 rings (SSSR count). The monoisotopic (exact) mass is 328 g/mol. The van der Waals surface area contributed by atoms with Gasteiger partial charge in [-0.25, -0.2) is 9.37 Å². The van der Waals surface area contributed by atoms with Crippen molar-refractivity contribution in [1.82, 2.24) is 4.98 Å². The van der Waals surface area contributed by atoms with Gasteiger partial charge in [-0.3, -0.25) is 4.79 Å². The minimum Gasteiger partial charge on any atom is -0.481 e. The maximum Gasteiger partial charge on any atom is 0.308 e. The van der Waals surface area contributed by atoms with Crippen molar-refractivity contribution in [2.24, 2.45) is 0 Å². The first kappa shape index (κ1) is 15.2. The summed E-state index contributed by atoms with van der Waals surface area (Å²) < 4.78 is 13.0. The Labute approximate surface area is 136 Å². The summed E-state index contributed by atoms with van der Waals surface area (Å²) in [4.78, 5) is 16.3. The van der Waals surface area contributed by atoms with Gasteiger partial charge in [-0.05, 0) is 24.3 Å². The van der Waals surface area contributed by atoms with Gasteiger partial charge in [0, 0.05) is 16.1 Å². The third kappa shape index (κ3) is 3.73. The van der Waals surface area contributed by atoms with Gasteiger partial charge in [-0.2, -0.15) is 0 Å². The highest BCUT2D eigenvalue weighted by Crippen LogP contribution is 2.33. The van der Waals surface area contributed by atoms with Crippen LogP contribution >= 0.6 is 11.3 Å². The second kappa shape index (κ2) is 6.58. The Morgan fingerprint density at radius 3 is 2.48 bits per heavy atom. The fourth-order valence-electron chi connectivity index (χ4n) is 2.14. The van der Waals surface area contributed by atoms with Gasteiger partial charge in [-0.1, -0.05) is 30.3 Å². The van der Waals surface area contributed by atoms with E-state index in [-0.39, 0.29) is 12.2 Å². The fraction of sp³-hybridized carbons (Fsp3) is 0.0588. The van der Waals surface area contributed by atoms with Gasteiger partial charge < -0.3 is 10.4 Å². The number of nitrogens with one attached hydrogen (secondary N) is 1. The predicted octanol–water partition coefficient (Wildman–Crippen LogP) is 4.32. The summed E-state index contributed by atoms with van der Waals surface area (Å²) in [6, 6.07) is 15.4. The highest BCUT2D eigenvalue weighted by molar-refractivity contribution is 7.16. The fourth-order valence-corrected chi connectivity index (χ4v) is 3.14. The van der Waals surface area contributed by atoms with Crippen molar-refractivity contribution in [3.63, 3.8) is 0 Å². The van der Waals surface area contributed by atoms with E-state index < -0.39 is 5.97 Å². The van der Waals surface area contributed by atoms with Gasteiger partial charge in [-0.15, -0.1) is 11.3 Å². The number of aromatic nitrogens is 1. The highest BCUT2D eigenvalue weighted by atomic mass is 32.1. The molecule has 3 aromatic rings. The van der Waals surface area contributed by atoms with Crippen LogP contribution in [-0.2, 0) is 11.2 Å². The molecule has 0 saturated carbocycles. The van der Waals surface area contributed by atoms with E-state index in [2.05, 4.69) is 10.3 Å². The number of carboxylic acids is 1. The van der Waals surface area contributed by atoms with E-state index in [0.29, 0.717) is 21.4 Å². The lowest BCUT2D eigenvalue weighted by Crippen LogP contribution is -1.99. The number of rotatable bonds is 5. The maximum atomic E-state index is 13.0. The molecule has 0 fully saturated rings. The lowest BCUT2D eigenvalue weighted by Gasteiger charge is -2.01. The Bertz CT molecular complexity index is 816. The molecule has 0 atom stereocenters. The van der Waals surface area contributed by atoms with Gasteiger partial charge in [0.05, 0.1) is 12.1 Å². The zero-order valence-corrected chi connectivity index (χ0v) is 12.8. The second-order valence-corrected chi connectivity index (χ2v) is 5.94. The molecule has 6 heteroatoms. The third-order valence-corrected chi connectivity index (χ3v) is 4.12. The molecule has 4 nitrogen and oxygen atoms in total. The van der Waals surface area contributed by atoms with E-state index in [9.17, 15) is 9.18 Å².